The first-order valence-corrected chi connectivity index (χ1v) is 12.9. The predicted octanol–water partition coefficient (Wildman–Crippen LogP) is 4.77. The molecule has 0 aliphatic rings. The first-order chi connectivity index (χ1) is 18.0. The van der Waals surface area contributed by atoms with Crippen LogP contribution in [0.4, 0.5) is 4.39 Å². The summed E-state index contributed by atoms with van der Waals surface area (Å²) in [5.74, 6) is 1.41. The number of fused-ring (bicyclic) bond motifs is 1. The van der Waals surface area contributed by atoms with Gasteiger partial charge >= 0.3 is 0 Å². The van der Waals surface area contributed by atoms with E-state index in [9.17, 15) is 14.0 Å². The number of aromatic nitrogens is 2. The van der Waals surface area contributed by atoms with Gasteiger partial charge < -0.3 is 14.8 Å². The van der Waals surface area contributed by atoms with Gasteiger partial charge in [0.1, 0.15) is 5.82 Å². The molecule has 0 saturated carbocycles. The number of halogens is 1. The van der Waals surface area contributed by atoms with E-state index >= 15 is 0 Å². The number of para-hydroxylation sites is 1. The summed E-state index contributed by atoms with van der Waals surface area (Å²) >= 11 is 1.37. The van der Waals surface area contributed by atoms with E-state index in [1.54, 1.807) is 44.6 Å². The summed E-state index contributed by atoms with van der Waals surface area (Å²) in [5.41, 5.74) is 1.77. The van der Waals surface area contributed by atoms with Crippen molar-refractivity contribution in [3.05, 3.63) is 88.5 Å². The summed E-state index contributed by atoms with van der Waals surface area (Å²) in [6, 6.07) is 18.7. The van der Waals surface area contributed by atoms with E-state index in [0.717, 1.165) is 5.56 Å². The molecule has 3 aromatic carbocycles. The van der Waals surface area contributed by atoms with Gasteiger partial charge in [0, 0.05) is 18.7 Å². The summed E-state index contributed by atoms with van der Waals surface area (Å²) in [4.78, 5) is 30.2. The molecule has 1 N–H and O–H groups in total. The minimum atomic E-state index is -0.432. The maximum absolute atomic E-state index is 13.9. The number of hydrogen-bond acceptors (Lipinski definition) is 6. The Bertz CT molecular complexity index is 1460. The second-order valence-electron chi connectivity index (χ2n) is 8.27. The highest BCUT2D eigenvalue weighted by atomic mass is 32.2. The van der Waals surface area contributed by atoms with Crippen molar-refractivity contribution in [3.8, 4) is 17.2 Å². The summed E-state index contributed by atoms with van der Waals surface area (Å²) in [6.07, 6.45) is 1.61. The number of rotatable bonds is 11. The van der Waals surface area contributed by atoms with Gasteiger partial charge in [0.05, 0.1) is 30.8 Å². The monoisotopic (exact) mass is 521 g/mol. The third kappa shape index (κ3) is 6.48. The Morgan fingerprint density at radius 3 is 2.62 bits per heavy atom. The number of hydrogen-bond donors (Lipinski definition) is 1. The summed E-state index contributed by atoms with van der Waals surface area (Å²) in [7, 11) is 3.18. The van der Waals surface area contributed by atoms with E-state index in [1.807, 2.05) is 24.3 Å². The second kappa shape index (κ2) is 12.4. The number of nitrogens with one attached hydrogen (secondary N) is 1. The molecule has 9 heteroatoms. The topological polar surface area (TPSA) is 82.5 Å². The SMILES string of the molecule is COc1ccc(CCNC(=O)CCCSc2nc3ccccc3c(=O)n2-c2cccc(F)c2)cc1OC. The summed E-state index contributed by atoms with van der Waals surface area (Å²) < 4.78 is 25.9. The number of methoxy groups -OCH3 is 2. The lowest BCUT2D eigenvalue weighted by atomic mass is 10.1. The lowest BCUT2D eigenvalue weighted by Gasteiger charge is -2.13. The van der Waals surface area contributed by atoms with E-state index in [2.05, 4.69) is 10.3 Å². The number of carbonyl (C=O) groups is 1. The van der Waals surface area contributed by atoms with E-state index in [1.165, 1.54) is 28.5 Å². The Hall–Kier alpha value is -3.85. The van der Waals surface area contributed by atoms with Crippen LogP contribution in [0.15, 0.2) is 76.7 Å². The lowest BCUT2D eigenvalue weighted by molar-refractivity contribution is -0.121. The molecule has 0 unspecified atom stereocenters. The van der Waals surface area contributed by atoms with Crippen LogP contribution in [0.3, 0.4) is 0 Å². The van der Waals surface area contributed by atoms with Gasteiger partial charge in [-0.2, -0.15) is 0 Å². The van der Waals surface area contributed by atoms with Crippen LogP contribution < -0.4 is 20.3 Å². The smallest absolute Gasteiger partial charge is 0.266 e. The van der Waals surface area contributed by atoms with Gasteiger partial charge in [-0.25, -0.2) is 9.37 Å². The number of amides is 1. The Kier molecular flexibility index (Phi) is 8.79. The Balaban J connectivity index is 1.35. The van der Waals surface area contributed by atoms with Crippen LogP contribution in [0.25, 0.3) is 16.6 Å². The molecule has 0 bridgehead atoms. The number of benzene rings is 3. The van der Waals surface area contributed by atoms with E-state index in [-0.39, 0.29) is 11.5 Å². The largest absolute Gasteiger partial charge is 0.493 e. The van der Waals surface area contributed by atoms with E-state index < -0.39 is 5.82 Å². The average molecular weight is 522 g/mol. The van der Waals surface area contributed by atoms with Crippen molar-refractivity contribution in [2.24, 2.45) is 0 Å². The molecule has 4 rings (SSSR count). The fourth-order valence-corrected chi connectivity index (χ4v) is 4.87. The molecule has 0 aliphatic carbocycles. The van der Waals surface area contributed by atoms with Crippen molar-refractivity contribution in [2.75, 3.05) is 26.5 Å². The number of thioether (sulfide) groups is 1. The van der Waals surface area contributed by atoms with Crippen molar-refractivity contribution in [2.45, 2.75) is 24.4 Å². The number of nitrogens with zero attached hydrogens (tertiary/aromatic N) is 2. The average Bonchev–Trinajstić information content (AvgIpc) is 2.91. The molecular weight excluding hydrogens is 493 g/mol. The van der Waals surface area contributed by atoms with Gasteiger partial charge in [-0.15, -0.1) is 0 Å². The quantitative estimate of drug-likeness (QED) is 0.174. The highest BCUT2D eigenvalue weighted by molar-refractivity contribution is 7.99. The van der Waals surface area contributed by atoms with Crippen molar-refractivity contribution >= 4 is 28.6 Å². The molecule has 0 aliphatic heterocycles. The number of carbonyl (C=O) groups excluding carboxylic acids is 1. The minimum absolute atomic E-state index is 0.0462. The number of ether oxygens (including phenoxy) is 2. The molecule has 1 aromatic heterocycles. The maximum Gasteiger partial charge on any atom is 0.266 e. The van der Waals surface area contributed by atoms with Gasteiger partial charge in [0.2, 0.25) is 5.91 Å². The first-order valence-electron chi connectivity index (χ1n) is 11.9. The zero-order valence-corrected chi connectivity index (χ0v) is 21.5. The van der Waals surface area contributed by atoms with Gasteiger partial charge in [0.25, 0.3) is 5.56 Å². The normalized spacial score (nSPS) is 10.9. The third-order valence-corrected chi connectivity index (χ3v) is 6.80. The molecule has 4 aromatic rings. The van der Waals surface area contributed by atoms with Gasteiger partial charge in [-0.05, 0) is 60.9 Å². The van der Waals surface area contributed by atoms with Crippen LogP contribution in [0.5, 0.6) is 11.5 Å². The molecule has 1 heterocycles. The molecule has 192 valence electrons. The van der Waals surface area contributed by atoms with Gasteiger partial charge in [-0.1, -0.05) is 36.0 Å². The molecule has 7 nitrogen and oxygen atoms in total. The van der Waals surface area contributed by atoms with Crippen LogP contribution in [0.2, 0.25) is 0 Å². The van der Waals surface area contributed by atoms with Crippen LogP contribution in [0.1, 0.15) is 18.4 Å². The maximum atomic E-state index is 13.9. The van der Waals surface area contributed by atoms with Gasteiger partial charge in [0.15, 0.2) is 16.7 Å². The molecule has 0 spiro atoms. The van der Waals surface area contributed by atoms with Crippen molar-refractivity contribution in [1.82, 2.24) is 14.9 Å². The third-order valence-electron chi connectivity index (χ3n) is 5.77. The van der Waals surface area contributed by atoms with Crippen molar-refractivity contribution in [3.63, 3.8) is 0 Å². The van der Waals surface area contributed by atoms with Crippen LogP contribution in [-0.4, -0.2) is 42.0 Å². The van der Waals surface area contributed by atoms with Crippen LogP contribution >= 0.6 is 11.8 Å². The Morgan fingerprint density at radius 1 is 1.03 bits per heavy atom. The van der Waals surface area contributed by atoms with E-state index in [0.29, 0.717) is 64.8 Å². The Labute approximate surface area is 218 Å². The van der Waals surface area contributed by atoms with Crippen LogP contribution in [-0.2, 0) is 11.2 Å². The molecule has 37 heavy (non-hydrogen) atoms. The first kappa shape index (κ1) is 26.2. The fourth-order valence-electron chi connectivity index (χ4n) is 3.92. The molecule has 0 fully saturated rings. The minimum Gasteiger partial charge on any atom is -0.493 e. The molecular formula is C28H28FN3O4S. The molecule has 0 saturated heterocycles. The standard InChI is InChI=1S/C28H28FN3O4S/c1-35-24-13-12-19(17-25(24)36-2)14-15-30-26(33)11-6-16-37-28-31-23-10-4-3-9-22(23)27(34)32(28)21-8-5-7-20(29)18-21/h3-5,7-10,12-13,17-18H,6,11,14-16H2,1-2H3,(H,30,33). The van der Waals surface area contributed by atoms with Crippen molar-refractivity contribution < 1.29 is 18.7 Å². The van der Waals surface area contributed by atoms with Crippen LogP contribution in [0, 0.1) is 5.82 Å². The highest BCUT2D eigenvalue weighted by Gasteiger charge is 2.14. The zero-order valence-electron chi connectivity index (χ0n) is 20.7. The predicted molar refractivity (Wildman–Crippen MR) is 144 cm³/mol. The second-order valence-corrected chi connectivity index (χ2v) is 9.34. The van der Waals surface area contributed by atoms with Crippen molar-refractivity contribution in [1.29, 1.82) is 0 Å². The summed E-state index contributed by atoms with van der Waals surface area (Å²) in [6.45, 7) is 0.507. The Morgan fingerprint density at radius 2 is 1.84 bits per heavy atom. The van der Waals surface area contributed by atoms with Gasteiger partial charge in [-0.3, -0.25) is 14.2 Å². The fraction of sp³-hybridized carbons (Fsp3) is 0.250. The highest BCUT2D eigenvalue weighted by Crippen LogP contribution is 2.27. The lowest BCUT2D eigenvalue weighted by Crippen LogP contribution is -2.25. The zero-order chi connectivity index (χ0) is 26.2. The molecule has 0 atom stereocenters. The molecule has 0 radical (unpaired) electrons. The molecule has 1 amide bonds. The summed E-state index contributed by atoms with van der Waals surface area (Å²) in [5, 5.41) is 3.86. The van der Waals surface area contributed by atoms with E-state index in [4.69, 9.17) is 9.47 Å².